The molecule has 0 unspecified atom stereocenters. The molecule has 0 radical (unpaired) electrons. The molecule has 3 aromatic rings. The van der Waals surface area contributed by atoms with Crippen molar-refractivity contribution < 1.29 is 4.79 Å². The first-order chi connectivity index (χ1) is 13.2. The topological polar surface area (TPSA) is 32.3 Å². The van der Waals surface area contributed by atoms with Crippen molar-refractivity contribution in [2.75, 3.05) is 20.6 Å². The van der Waals surface area contributed by atoms with Crippen LogP contribution in [0.15, 0.2) is 72.8 Å². The van der Waals surface area contributed by atoms with E-state index in [1.54, 1.807) is 0 Å². The molecule has 0 fully saturated rings. The predicted octanol–water partition coefficient (Wildman–Crippen LogP) is 4.06. The van der Waals surface area contributed by atoms with Gasteiger partial charge in [0.05, 0.1) is 6.04 Å². The Morgan fingerprint density at radius 2 is 1.63 bits per heavy atom. The van der Waals surface area contributed by atoms with Gasteiger partial charge >= 0.3 is 0 Å². The van der Waals surface area contributed by atoms with E-state index in [0.29, 0.717) is 6.42 Å². The van der Waals surface area contributed by atoms with Crippen LogP contribution in [0.3, 0.4) is 0 Å². The number of likely N-dealkylation sites (N-methyl/N-ethyl adjacent to an activating group) is 2. The van der Waals surface area contributed by atoms with Crippen molar-refractivity contribution >= 4 is 16.7 Å². The summed E-state index contributed by atoms with van der Waals surface area (Å²) in [6.45, 7) is 0.767. The van der Waals surface area contributed by atoms with Crippen molar-refractivity contribution in [3.8, 4) is 0 Å². The Morgan fingerprint density at radius 1 is 0.926 bits per heavy atom. The molecule has 1 atom stereocenters. The first-order valence-electron chi connectivity index (χ1n) is 9.61. The zero-order valence-corrected chi connectivity index (χ0v) is 16.2. The van der Waals surface area contributed by atoms with Gasteiger partial charge in [0.2, 0.25) is 5.91 Å². The molecule has 0 bridgehead atoms. The highest BCUT2D eigenvalue weighted by Crippen LogP contribution is 2.17. The number of rotatable bonds is 8. The zero-order valence-electron chi connectivity index (χ0n) is 16.2. The van der Waals surface area contributed by atoms with Gasteiger partial charge in [-0.25, -0.2) is 0 Å². The van der Waals surface area contributed by atoms with Crippen molar-refractivity contribution in [1.29, 1.82) is 0 Å². The number of amides is 1. The minimum Gasteiger partial charge on any atom is -0.344 e. The van der Waals surface area contributed by atoms with Crippen molar-refractivity contribution in [1.82, 2.24) is 10.2 Å². The molecule has 0 spiro atoms. The number of aryl methyl sites for hydroxylation is 1. The first-order valence-corrected chi connectivity index (χ1v) is 9.61. The lowest BCUT2D eigenvalue weighted by atomic mass is 10.0. The molecule has 3 aromatic carbocycles. The molecular formula is C24H28N2O. The maximum absolute atomic E-state index is 12.8. The van der Waals surface area contributed by atoms with Crippen LogP contribution in [-0.4, -0.2) is 37.5 Å². The second kappa shape index (κ2) is 9.33. The van der Waals surface area contributed by atoms with E-state index >= 15 is 0 Å². The number of hydrogen-bond acceptors (Lipinski definition) is 2. The van der Waals surface area contributed by atoms with Gasteiger partial charge in [-0.2, -0.15) is 0 Å². The van der Waals surface area contributed by atoms with Gasteiger partial charge in [-0.15, -0.1) is 0 Å². The normalized spacial score (nSPS) is 12.1. The van der Waals surface area contributed by atoms with Crippen LogP contribution >= 0.6 is 0 Å². The van der Waals surface area contributed by atoms with E-state index in [1.807, 2.05) is 37.2 Å². The molecule has 3 nitrogen and oxygen atoms in total. The number of carbonyl (C=O) groups excluding carboxylic acids is 1. The van der Waals surface area contributed by atoms with E-state index in [-0.39, 0.29) is 11.9 Å². The molecule has 0 saturated carbocycles. The molecule has 1 amide bonds. The third-order valence-corrected chi connectivity index (χ3v) is 5.08. The highest BCUT2D eigenvalue weighted by Gasteiger charge is 2.20. The highest BCUT2D eigenvalue weighted by molar-refractivity contribution is 5.84. The Bertz CT molecular complexity index is 876. The fourth-order valence-electron chi connectivity index (χ4n) is 3.46. The minimum atomic E-state index is -0.201. The second-order valence-electron chi connectivity index (χ2n) is 7.08. The largest absolute Gasteiger partial charge is 0.344 e. The maximum atomic E-state index is 12.8. The standard InChI is InChI=1S/C24H28N2O/c1-25-23(18-20-14-15-21-12-6-7-13-22(21)17-20)24(27)26(2)16-8-11-19-9-4-3-5-10-19/h3-7,9-10,12-15,17,23,25H,8,11,16,18H2,1-2H3/t23-/m1/s1. The van der Waals surface area contributed by atoms with Gasteiger partial charge in [0.1, 0.15) is 0 Å². The molecule has 3 heteroatoms. The van der Waals surface area contributed by atoms with Gasteiger partial charge in [0.25, 0.3) is 0 Å². The van der Waals surface area contributed by atoms with Crippen molar-refractivity contribution in [3.63, 3.8) is 0 Å². The molecule has 0 aliphatic heterocycles. The van der Waals surface area contributed by atoms with Crippen LogP contribution in [-0.2, 0) is 17.6 Å². The van der Waals surface area contributed by atoms with Gasteiger partial charge in [-0.3, -0.25) is 4.79 Å². The van der Waals surface area contributed by atoms with Crippen LogP contribution < -0.4 is 5.32 Å². The van der Waals surface area contributed by atoms with Gasteiger partial charge in [0, 0.05) is 13.6 Å². The smallest absolute Gasteiger partial charge is 0.239 e. The third kappa shape index (κ3) is 5.18. The number of nitrogens with zero attached hydrogens (tertiary/aromatic N) is 1. The Balaban J connectivity index is 1.57. The molecule has 0 aliphatic carbocycles. The fourth-order valence-corrected chi connectivity index (χ4v) is 3.46. The third-order valence-electron chi connectivity index (χ3n) is 5.08. The van der Waals surface area contributed by atoms with E-state index in [0.717, 1.165) is 19.4 Å². The highest BCUT2D eigenvalue weighted by atomic mass is 16.2. The van der Waals surface area contributed by atoms with Crippen LogP contribution in [0.25, 0.3) is 10.8 Å². The monoisotopic (exact) mass is 360 g/mol. The van der Waals surface area contributed by atoms with Gasteiger partial charge in [0.15, 0.2) is 0 Å². The molecular weight excluding hydrogens is 332 g/mol. The molecule has 1 N–H and O–H groups in total. The average Bonchev–Trinajstić information content (AvgIpc) is 2.72. The van der Waals surface area contributed by atoms with Crippen molar-refractivity contribution in [2.45, 2.75) is 25.3 Å². The Kier molecular flexibility index (Phi) is 6.61. The Labute approximate surface area is 162 Å². The molecule has 0 aliphatic rings. The summed E-state index contributed by atoms with van der Waals surface area (Å²) >= 11 is 0. The number of carbonyl (C=O) groups is 1. The van der Waals surface area contributed by atoms with Crippen LogP contribution in [0.5, 0.6) is 0 Å². The number of nitrogens with one attached hydrogen (secondary N) is 1. The maximum Gasteiger partial charge on any atom is 0.239 e. The summed E-state index contributed by atoms with van der Waals surface area (Å²) < 4.78 is 0. The lowest BCUT2D eigenvalue weighted by molar-refractivity contribution is -0.132. The quantitative estimate of drug-likeness (QED) is 0.657. The van der Waals surface area contributed by atoms with Crippen molar-refractivity contribution in [2.24, 2.45) is 0 Å². The summed E-state index contributed by atoms with van der Waals surface area (Å²) in [5.41, 5.74) is 2.50. The second-order valence-corrected chi connectivity index (χ2v) is 7.08. The van der Waals surface area contributed by atoms with Crippen LogP contribution in [0.1, 0.15) is 17.5 Å². The fraction of sp³-hybridized carbons (Fsp3) is 0.292. The summed E-state index contributed by atoms with van der Waals surface area (Å²) in [5.74, 6) is 0.152. The summed E-state index contributed by atoms with van der Waals surface area (Å²) in [4.78, 5) is 14.7. The Morgan fingerprint density at radius 3 is 2.37 bits per heavy atom. The summed E-state index contributed by atoms with van der Waals surface area (Å²) in [6.07, 6.45) is 2.66. The molecule has 0 saturated heterocycles. The van der Waals surface area contributed by atoms with Crippen LogP contribution in [0.4, 0.5) is 0 Å². The number of benzene rings is 3. The summed E-state index contributed by atoms with van der Waals surface area (Å²) in [7, 11) is 3.76. The molecule has 0 aromatic heterocycles. The average molecular weight is 361 g/mol. The number of hydrogen-bond donors (Lipinski definition) is 1. The molecule has 3 rings (SSSR count). The molecule has 27 heavy (non-hydrogen) atoms. The SMILES string of the molecule is CN[C@H](Cc1ccc2ccccc2c1)C(=O)N(C)CCCc1ccccc1. The molecule has 140 valence electrons. The van der Waals surface area contributed by atoms with Gasteiger partial charge in [-0.1, -0.05) is 72.8 Å². The van der Waals surface area contributed by atoms with Gasteiger partial charge in [-0.05, 0) is 48.2 Å². The van der Waals surface area contributed by atoms with Gasteiger partial charge < -0.3 is 10.2 Å². The lowest BCUT2D eigenvalue weighted by Gasteiger charge is -2.24. The van der Waals surface area contributed by atoms with Crippen LogP contribution in [0.2, 0.25) is 0 Å². The minimum absolute atomic E-state index is 0.152. The van der Waals surface area contributed by atoms with E-state index < -0.39 is 0 Å². The van der Waals surface area contributed by atoms with E-state index in [2.05, 4.69) is 59.9 Å². The summed E-state index contributed by atoms with van der Waals surface area (Å²) in [5, 5.41) is 5.64. The number of fused-ring (bicyclic) bond motifs is 1. The predicted molar refractivity (Wildman–Crippen MR) is 113 cm³/mol. The van der Waals surface area contributed by atoms with Crippen LogP contribution in [0, 0.1) is 0 Å². The zero-order chi connectivity index (χ0) is 19.1. The van der Waals surface area contributed by atoms with E-state index in [9.17, 15) is 4.79 Å². The van der Waals surface area contributed by atoms with Crippen molar-refractivity contribution in [3.05, 3.63) is 83.9 Å². The Hall–Kier alpha value is -2.65. The summed E-state index contributed by atoms with van der Waals surface area (Å²) in [6, 6.07) is 25.0. The first kappa shape index (κ1) is 19.1. The van der Waals surface area contributed by atoms with E-state index in [4.69, 9.17) is 0 Å². The lowest BCUT2D eigenvalue weighted by Crippen LogP contribution is -2.45. The molecule has 0 heterocycles. The van der Waals surface area contributed by atoms with E-state index in [1.165, 1.54) is 21.9 Å².